The SMILES string of the molecule is O=C(O)Cc1csc(NC(=O)C2CC2c2ccc3c(c2)OCCO3)n1. The fourth-order valence-electron chi connectivity index (χ4n) is 2.94. The summed E-state index contributed by atoms with van der Waals surface area (Å²) < 4.78 is 11.1. The number of carboxylic acid groups (broad SMARTS) is 1. The molecule has 0 bridgehead atoms. The summed E-state index contributed by atoms with van der Waals surface area (Å²) in [6.07, 6.45) is 0.633. The van der Waals surface area contributed by atoms with Crippen molar-refractivity contribution in [1.29, 1.82) is 0 Å². The Morgan fingerprint density at radius 1 is 1.28 bits per heavy atom. The van der Waals surface area contributed by atoms with Crippen LogP contribution in [0.5, 0.6) is 11.5 Å². The number of hydrogen-bond donors (Lipinski definition) is 2. The van der Waals surface area contributed by atoms with Crippen LogP contribution in [0.15, 0.2) is 23.6 Å². The molecule has 2 N–H and O–H groups in total. The van der Waals surface area contributed by atoms with Crippen molar-refractivity contribution in [2.24, 2.45) is 5.92 Å². The minimum atomic E-state index is -0.941. The number of carbonyl (C=O) groups excluding carboxylic acids is 1. The molecule has 4 rings (SSSR count). The third-order valence-electron chi connectivity index (χ3n) is 4.24. The molecule has 7 nitrogen and oxygen atoms in total. The molecule has 8 heteroatoms. The zero-order valence-electron chi connectivity index (χ0n) is 13.2. The first-order chi connectivity index (χ1) is 12.1. The zero-order valence-corrected chi connectivity index (χ0v) is 14.0. The fraction of sp³-hybridized carbons (Fsp3) is 0.353. The quantitative estimate of drug-likeness (QED) is 0.849. The van der Waals surface area contributed by atoms with Crippen LogP contribution in [0.2, 0.25) is 0 Å². The van der Waals surface area contributed by atoms with Crippen molar-refractivity contribution in [1.82, 2.24) is 4.98 Å². The Morgan fingerprint density at radius 3 is 2.88 bits per heavy atom. The number of hydrogen-bond acceptors (Lipinski definition) is 6. The summed E-state index contributed by atoms with van der Waals surface area (Å²) in [5, 5.41) is 13.6. The van der Waals surface area contributed by atoms with E-state index in [9.17, 15) is 9.59 Å². The van der Waals surface area contributed by atoms with Crippen LogP contribution in [0.25, 0.3) is 0 Å². The van der Waals surface area contributed by atoms with Gasteiger partial charge in [0, 0.05) is 11.3 Å². The number of nitrogens with one attached hydrogen (secondary N) is 1. The van der Waals surface area contributed by atoms with Crippen LogP contribution < -0.4 is 14.8 Å². The molecule has 2 aromatic rings. The number of anilines is 1. The number of ether oxygens (including phenoxy) is 2. The van der Waals surface area contributed by atoms with Gasteiger partial charge in [0.25, 0.3) is 0 Å². The second-order valence-corrected chi connectivity index (χ2v) is 6.91. The van der Waals surface area contributed by atoms with Gasteiger partial charge in [0.05, 0.1) is 12.1 Å². The van der Waals surface area contributed by atoms with Crippen LogP contribution >= 0.6 is 11.3 Å². The summed E-state index contributed by atoms with van der Waals surface area (Å²) >= 11 is 1.24. The molecule has 1 aromatic heterocycles. The van der Waals surface area contributed by atoms with Crippen LogP contribution in [0.1, 0.15) is 23.6 Å². The molecular weight excluding hydrogens is 344 g/mol. The van der Waals surface area contributed by atoms with Gasteiger partial charge in [-0.15, -0.1) is 11.3 Å². The number of aromatic nitrogens is 1. The van der Waals surface area contributed by atoms with E-state index in [0.717, 1.165) is 23.5 Å². The van der Waals surface area contributed by atoms with E-state index >= 15 is 0 Å². The van der Waals surface area contributed by atoms with E-state index in [1.54, 1.807) is 5.38 Å². The number of amides is 1. The number of rotatable bonds is 5. The molecular formula is C17H16N2O5S. The first-order valence-corrected chi connectivity index (χ1v) is 8.85. The Labute approximate surface area is 147 Å². The van der Waals surface area contributed by atoms with Crippen LogP contribution in [-0.4, -0.2) is 35.2 Å². The van der Waals surface area contributed by atoms with E-state index < -0.39 is 5.97 Å². The van der Waals surface area contributed by atoms with E-state index in [0.29, 0.717) is 24.0 Å². The Bertz CT molecular complexity index is 834. The topological polar surface area (TPSA) is 97.8 Å². The van der Waals surface area contributed by atoms with Gasteiger partial charge in [0.15, 0.2) is 16.6 Å². The molecule has 0 spiro atoms. The summed E-state index contributed by atoms with van der Waals surface area (Å²) in [4.78, 5) is 27.2. The standard InChI is InChI=1S/C17H16N2O5S/c20-15(21)6-10-8-25-17(18-10)19-16(22)12-7-11(12)9-1-2-13-14(5-9)24-4-3-23-13/h1-2,5,8,11-12H,3-4,6-7H2,(H,20,21)(H,18,19,22). The van der Waals surface area contributed by atoms with Gasteiger partial charge < -0.3 is 19.9 Å². The normalized spacial score (nSPS) is 20.8. The third-order valence-corrected chi connectivity index (χ3v) is 5.04. The van der Waals surface area contributed by atoms with E-state index in [-0.39, 0.29) is 24.2 Å². The van der Waals surface area contributed by atoms with Crippen molar-refractivity contribution in [3.05, 3.63) is 34.8 Å². The first kappa shape index (κ1) is 15.9. The number of carboxylic acids is 1. The third kappa shape index (κ3) is 3.43. The monoisotopic (exact) mass is 360 g/mol. The highest BCUT2D eigenvalue weighted by molar-refractivity contribution is 7.13. The zero-order chi connectivity index (χ0) is 17.4. The maximum Gasteiger partial charge on any atom is 0.309 e. The van der Waals surface area contributed by atoms with Crippen molar-refractivity contribution in [3.8, 4) is 11.5 Å². The van der Waals surface area contributed by atoms with Crippen molar-refractivity contribution in [2.45, 2.75) is 18.8 Å². The van der Waals surface area contributed by atoms with Gasteiger partial charge in [-0.2, -0.15) is 0 Å². The second kappa shape index (κ2) is 6.36. The highest BCUT2D eigenvalue weighted by Gasteiger charge is 2.44. The number of aliphatic carboxylic acids is 1. The van der Waals surface area contributed by atoms with E-state index in [1.165, 1.54) is 11.3 Å². The van der Waals surface area contributed by atoms with Gasteiger partial charge in [-0.1, -0.05) is 6.07 Å². The molecule has 1 aliphatic carbocycles. The van der Waals surface area contributed by atoms with Crippen LogP contribution in [0.4, 0.5) is 5.13 Å². The van der Waals surface area contributed by atoms with E-state index in [4.69, 9.17) is 14.6 Å². The number of carbonyl (C=O) groups is 2. The predicted molar refractivity (Wildman–Crippen MR) is 90.4 cm³/mol. The highest BCUT2D eigenvalue weighted by Crippen LogP contribution is 2.49. The fourth-order valence-corrected chi connectivity index (χ4v) is 3.66. The molecule has 1 saturated carbocycles. The van der Waals surface area contributed by atoms with Crippen molar-refractivity contribution >= 4 is 28.3 Å². The minimum Gasteiger partial charge on any atom is -0.486 e. The molecule has 1 amide bonds. The smallest absolute Gasteiger partial charge is 0.309 e. The number of nitrogens with zero attached hydrogens (tertiary/aromatic N) is 1. The van der Waals surface area contributed by atoms with Gasteiger partial charge in [0.1, 0.15) is 13.2 Å². The second-order valence-electron chi connectivity index (χ2n) is 6.06. The van der Waals surface area contributed by atoms with Crippen LogP contribution in [0.3, 0.4) is 0 Å². The predicted octanol–water partition coefficient (Wildman–Crippen LogP) is 2.28. The van der Waals surface area contributed by atoms with E-state index in [2.05, 4.69) is 10.3 Å². The largest absolute Gasteiger partial charge is 0.486 e. The maximum atomic E-state index is 12.4. The molecule has 1 fully saturated rings. The van der Waals surface area contributed by atoms with Crippen molar-refractivity contribution in [2.75, 3.05) is 18.5 Å². The number of thiazole rings is 1. The lowest BCUT2D eigenvalue weighted by atomic mass is 10.1. The molecule has 2 heterocycles. The Balaban J connectivity index is 1.38. The molecule has 2 unspecified atom stereocenters. The first-order valence-electron chi connectivity index (χ1n) is 7.97. The van der Waals surface area contributed by atoms with Gasteiger partial charge >= 0.3 is 5.97 Å². The summed E-state index contributed by atoms with van der Waals surface area (Å²) in [6, 6.07) is 5.80. The molecule has 130 valence electrons. The van der Waals surface area contributed by atoms with E-state index in [1.807, 2.05) is 18.2 Å². The van der Waals surface area contributed by atoms with Gasteiger partial charge in [-0.05, 0) is 30.0 Å². The van der Waals surface area contributed by atoms with Crippen LogP contribution in [0, 0.1) is 5.92 Å². The lowest BCUT2D eigenvalue weighted by molar-refractivity contribution is -0.136. The van der Waals surface area contributed by atoms with Gasteiger partial charge in [-0.25, -0.2) is 4.98 Å². The molecule has 2 atom stereocenters. The summed E-state index contributed by atoms with van der Waals surface area (Å²) in [6.45, 7) is 1.09. The summed E-state index contributed by atoms with van der Waals surface area (Å²) in [5.41, 5.74) is 1.52. The van der Waals surface area contributed by atoms with Crippen molar-refractivity contribution < 1.29 is 24.2 Å². The molecule has 1 aromatic carbocycles. The number of benzene rings is 1. The minimum absolute atomic E-state index is 0.0869. The summed E-state index contributed by atoms with van der Waals surface area (Å²) in [7, 11) is 0. The average molecular weight is 360 g/mol. The lowest BCUT2D eigenvalue weighted by Crippen LogP contribution is -2.16. The van der Waals surface area contributed by atoms with Gasteiger partial charge in [-0.3, -0.25) is 9.59 Å². The Morgan fingerprint density at radius 2 is 2.08 bits per heavy atom. The molecule has 25 heavy (non-hydrogen) atoms. The number of fused-ring (bicyclic) bond motifs is 1. The van der Waals surface area contributed by atoms with Crippen molar-refractivity contribution in [3.63, 3.8) is 0 Å². The summed E-state index contributed by atoms with van der Waals surface area (Å²) in [5.74, 6) is 0.502. The van der Waals surface area contributed by atoms with Gasteiger partial charge in [0.2, 0.25) is 5.91 Å². The molecule has 2 aliphatic rings. The molecule has 1 aliphatic heterocycles. The Hall–Kier alpha value is -2.61. The average Bonchev–Trinajstić information content (AvgIpc) is 3.29. The molecule has 0 saturated heterocycles. The highest BCUT2D eigenvalue weighted by atomic mass is 32.1. The van der Waals surface area contributed by atoms with Crippen LogP contribution in [-0.2, 0) is 16.0 Å². The lowest BCUT2D eigenvalue weighted by Gasteiger charge is -2.18. The molecule has 0 radical (unpaired) electrons. The Kier molecular flexibility index (Phi) is 4.04. The maximum absolute atomic E-state index is 12.4.